The minimum atomic E-state index is 0.526. The van der Waals surface area contributed by atoms with Crippen LogP contribution in [-0.2, 0) is 0 Å². The summed E-state index contributed by atoms with van der Waals surface area (Å²) in [4.78, 5) is 10.1. The van der Waals surface area contributed by atoms with E-state index < -0.39 is 0 Å². The molecule has 9 heteroatoms. The van der Waals surface area contributed by atoms with Gasteiger partial charge in [-0.15, -0.1) is 0 Å². The molecule has 34 heavy (non-hydrogen) atoms. The molecule has 3 aromatic carbocycles. The number of ether oxygens (including phenoxy) is 3. The molecular formula is C25H23ClN4O3S. The Morgan fingerprint density at radius 2 is 1.47 bits per heavy atom. The number of nitrogens with zero attached hydrogens (tertiary/aromatic N) is 2. The summed E-state index contributed by atoms with van der Waals surface area (Å²) in [5.41, 5.74) is 3.40. The summed E-state index contributed by atoms with van der Waals surface area (Å²) in [6.45, 7) is 0. The third-order valence-electron chi connectivity index (χ3n) is 4.85. The molecule has 0 aliphatic heterocycles. The number of aromatic nitrogens is 2. The summed E-state index contributed by atoms with van der Waals surface area (Å²) >= 11 is 7.46. The zero-order valence-corrected chi connectivity index (χ0v) is 20.4. The molecule has 0 spiro atoms. The van der Waals surface area contributed by atoms with Crippen LogP contribution in [0.4, 0.5) is 17.2 Å². The number of rotatable bonds is 9. The highest BCUT2D eigenvalue weighted by Gasteiger charge is 2.14. The minimum Gasteiger partial charge on any atom is -0.493 e. The first-order chi connectivity index (χ1) is 16.6. The number of nitrogens with one attached hydrogen (secondary N) is 2. The van der Waals surface area contributed by atoms with E-state index in [2.05, 4.69) is 15.0 Å². The molecule has 0 unspecified atom stereocenters. The van der Waals surface area contributed by atoms with E-state index in [1.54, 1.807) is 33.7 Å². The van der Waals surface area contributed by atoms with Gasteiger partial charge in [-0.2, -0.15) is 0 Å². The van der Waals surface area contributed by atoms with Gasteiger partial charge in [0, 0.05) is 39.0 Å². The molecule has 0 aliphatic carbocycles. The van der Waals surface area contributed by atoms with Crippen LogP contribution < -0.4 is 24.2 Å². The predicted octanol–water partition coefficient (Wildman–Crippen LogP) is 6.69. The van der Waals surface area contributed by atoms with E-state index in [4.69, 9.17) is 30.8 Å². The van der Waals surface area contributed by atoms with Crippen LogP contribution in [0.5, 0.6) is 17.2 Å². The first-order valence-electron chi connectivity index (χ1n) is 10.3. The van der Waals surface area contributed by atoms with Crippen molar-refractivity contribution >= 4 is 40.7 Å². The Hall–Kier alpha value is -3.62. The summed E-state index contributed by atoms with van der Waals surface area (Å²) < 4.78 is 19.5. The highest BCUT2D eigenvalue weighted by Crippen LogP contribution is 2.40. The molecule has 0 amide bonds. The van der Waals surface area contributed by atoms with Gasteiger partial charge in [-0.25, -0.2) is 4.98 Å². The molecule has 4 rings (SSSR count). The number of methoxy groups -OCH3 is 3. The van der Waals surface area contributed by atoms with Crippen molar-refractivity contribution in [2.45, 2.75) is 4.90 Å². The molecule has 4 aromatic rings. The summed E-state index contributed by atoms with van der Waals surface area (Å²) in [6, 6.07) is 19.3. The van der Waals surface area contributed by atoms with Crippen LogP contribution in [0.2, 0.25) is 5.02 Å². The maximum absolute atomic E-state index is 5.94. The van der Waals surface area contributed by atoms with Crippen LogP contribution in [0.25, 0.3) is 11.3 Å². The van der Waals surface area contributed by atoms with Gasteiger partial charge in [0.15, 0.2) is 11.5 Å². The molecule has 2 N–H and O–H groups in total. The highest BCUT2D eigenvalue weighted by atomic mass is 35.5. The van der Waals surface area contributed by atoms with E-state index in [0.29, 0.717) is 23.1 Å². The number of anilines is 3. The van der Waals surface area contributed by atoms with Crippen LogP contribution in [0.1, 0.15) is 0 Å². The van der Waals surface area contributed by atoms with Crippen LogP contribution >= 0.6 is 23.5 Å². The first-order valence-corrected chi connectivity index (χ1v) is 11.5. The Labute approximate surface area is 207 Å². The van der Waals surface area contributed by atoms with Crippen LogP contribution in [0, 0.1) is 0 Å². The Bertz CT molecular complexity index is 1230. The summed E-state index contributed by atoms with van der Waals surface area (Å²) in [7, 11) is 4.72. The standard InChI is InChI=1S/C25H23ClN4O3S/c1-31-22-12-19(13-23(32-2)25(22)33-3)28-24-15-27-14-21(29-24)16-4-8-18(9-5-16)30-34-20-10-6-17(26)7-11-20/h4-15,30H,1-3H3,(H,28,29). The lowest BCUT2D eigenvalue weighted by atomic mass is 10.1. The maximum atomic E-state index is 5.94. The number of benzene rings is 3. The summed E-state index contributed by atoms with van der Waals surface area (Å²) in [6.07, 6.45) is 3.39. The normalized spacial score (nSPS) is 10.5. The number of halogens is 1. The van der Waals surface area contributed by atoms with E-state index in [0.717, 1.165) is 32.6 Å². The van der Waals surface area contributed by atoms with Crippen molar-refractivity contribution in [1.29, 1.82) is 0 Å². The van der Waals surface area contributed by atoms with E-state index in [-0.39, 0.29) is 0 Å². The summed E-state index contributed by atoms with van der Waals surface area (Å²) in [5.74, 6) is 2.21. The zero-order valence-electron chi connectivity index (χ0n) is 18.8. The fourth-order valence-electron chi connectivity index (χ4n) is 3.20. The van der Waals surface area contributed by atoms with Crippen LogP contribution in [-0.4, -0.2) is 31.3 Å². The Morgan fingerprint density at radius 1 is 0.794 bits per heavy atom. The van der Waals surface area contributed by atoms with E-state index >= 15 is 0 Å². The largest absolute Gasteiger partial charge is 0.493 e. The van der Waals surface area contributed by atoms with Gasteiger partial charge in [-0.05, 0) is 48.3 Å². The molecule has 0 fully saturated rings. The number of hydrogen-bond acceptors (Lipinski definition) is 8. The van der Waals surface area contributed by atoms with Crippen molar-refractivity contribution in [3.63, 3.8) is 0 Å². The van der Waals surface area contributed by atoms with Gasteiger partial charge in [0.1, 0.15) is 5.82 Å². The van der Waals surface area contributed by atoms with Gasteiger partial charge in [0.2, 0.25) is 5.75 Å². The van der Waals surface area contributed by atoms with Gasteiger partial charge in [-0.1, -0.05) is 23.7 Å². The molecule has 0 radical (unpaired) electrons. The van der Waals surface area contributed by atoms with Crippen LogP contribution in [0.15, 0.2) is 78.0 Å². The van der Waals surface area contributed by atoms with Crippen LogP contribution in [0.3, 0.4) is 0 Å². The monoisotopic (exact) mass is 494 g/mol. The molecule has 0 bridgehead atoms. The molecule has 7 nitrogen and oxygen atoms in total. The third kappa shape index (κ3) is 5.65. The molecule has 174 valence electrons. The molecule has 1 heterocycles. The van der Waals surface area contributed by atoms with E-state index in [9.17, 15) is 0 Å². The summed E-state index contributed by atoms with van der Waals surface area (Å²) in [5, 5.41) is 3.97. The first kappa shape index (κ1) is 23.5. The van der Waals surface area contributed by atoms with E-state index in [1.165, 1.54) is 11.9 Å². The molecule has 0 saturated heterocycles. The molecule has 1 aromatic heterocycles. The van der Waals surface area contributed by atoms with Crippen molar-refractivity contribution < 1.29 is 14.2 Å². The second kappa shape index (κ2) is 11.0. The van der Waals surface area contributed by atoms with Crippen molar-refractivity contribution in [2.24, 2.45) is 0 Å². The fraction of sp³-hybridized carbons (Fsp3) is 0.120. The fourth-order valence-corrected chi connectivity index (χ4v) is 3.97. The van der Waals surface area contributed by atoms with Gasteiger partial charge in [0.25, 0.3) is 0 Å². The molecule has 0 aliphatic rings. The Kier molecular flexibility index (Phi) is 7.61. The van der Waals surface area contributed by atoms with Gasteiger partial charge in [-0.3, -0.25) is 4.98 Å². The smallest absolute Gasteiger partial charge is 0.203 e. The van der Waals surface area contributed by atoms with Crippen molar-refractivity contribution in [3.05, 3.63) is 78.1 Å². The Balaban J connectivity index is 1.47. The zero-order chi connectivity index (χ0) is 23.9. The van der Waals surface area contributed by atoms with Crippen molar-refractivity contribution in [3.8, 4) is 28.5 Å². The SMILES string of the molecule is COc1cc(Nc2cncc(-c3ccc(NSc4ccc(Cl)cc4)cc3)n2)cc(OC)c1OC. The van der Waals surface area contributed by atoms with Gasteiger partial charge < -0.3 is 24.2 Å². The third-order valence-corrected chi connectivity index (χ3v) is 5.95. The Morgan fingerprint density at radius 3 is 2.09 bits per heavy atom. The lowest BCUT2D eigenvalue weighted by molar-refractivity contribution is 0.324. The second-order valence-electron chi connectivity index (χ2n) is 7.06. The molecule has 0 saturated carbocycles. The average Bonchev–Trinajstić information content (AvgIpc) is 2.88. The maximum Gasteiger partial charge on any atom is 0.203 e. The minimum absolute atomic E-state index is 0.526. The predicted molar refractivity (Wildman–Crippen MR) is 138 cm³/mol. The molecule has 0 atom stereocenters. The molecular weight excluding hydrogens is 472 g/mol. The highest BCUT2D eigenvalue weighted by molar-refractivity contribution is 8.00. The number of hydrogen-bond donors (Lipinski definition) is 2. The second-order valence-corrected chi connectivity index (χ2v) is 8.38. The topological polar surface area (TPSA) is 77.5 Å². The van der Waals surface area contributed by atoms with Crippen molar-refractivity contribution in [1.82, 2.24) is 9.97 Å². The lowest BCUT2D eigenvalue weighted by Gasteiger charge is -2.15. The average molecular weight is 495 g/mol. The van der Waals surface area contributed by atoms with E-state index in [1.807, 2.05) is 60.7 Å². The quantitative estimate of drug-likeness (QED) is 0.249. The van der Waals surface area contributed by atoms with Crippen molar-refractivity contribution in [2.75, 3.05) is 31.4 Å². The lowest BCUT2D eigenvalue weighted by Crippen LogP contribution is -2.00. The van der Waals surface area contributed by atoms with Gasteiger partial charge >= 0.3 is 0 Å². The van der Waals surface area contributed by atoms with Gasteiger partial charge in [0.05, 0.1) is 39.4 Å².